The van der Waals surface area contributed by atoms with Crippen LogP contribution in [0.1, 0.15) is 66.7 Å². The van der Waals surface area contributed by atoms with E-state index in [1.54, 1.807) is 0 Å². The summed E-state index contributed by atoms with van der Waals surface area (Å²) in [6.45, 7) is 15.7. The lowest BCUT2D eigenvalue weighted by Crippen LogP contribution is -2.54. The average molecular weight is 296 g/mol. The SMILES string of the molecule is CCC1CCC(C)N1CC1(CNC(C)(C)C)CCCOC1. The minimum absolute atomic E-state index is 0.186. The van der Waals surface area contributed by atoms with E-state index >= 15 is 0 Å². The first-order chi connectivity index (χ1) is 9.85. The zero-order chi connectivity index (χ0) is 15.5. The summed E-state index contributed by atoms with van der Waals surface area (Å²) in [5.74, 6) is 0. The molecular formula is C18H36N2O. The van der Waals surface area contributed by atoms with Crippen LogP contribution in [0.3, 0.4) is 0 Å². The molecule has 2 fully saturated rings. The Kier molecular flexibility index (Phi) is 5.72. The van der Waals surface area contributed by atoms with Crippen molar-refractivity contribution in [2.45, 2.75) is 84.3 Å². The fraction of sp³-hybridized carbons (Fsp3) is 1.00. The molecule has 124 valence electrons. The third-order valence-electron chi connectivity index (χ3n) is 5.34. The van der Waals surface area contributed by atoms with Crippen LogP contribution in [-0.2, 0) is 4.74 Å². The van der Waals surface area contributed by atoms with E-state index in [2.05, 4.69) is 44.8 Å². The van der Waals surface area contributed by atoms with E-state index in [4.69, 9.17) is 4.74 Å². The smallest absolute Gasteiger partial charge is 0.0546 e. The zero-order valence-electron chi connectivity index (χ0n) is 14.9. The van der Waals surface area contributed by atoms with Gasteiger partial charge in [0.2, 0.25) is 0 Å². The highest BCUT2D eigenvalue weighted by atomic mass is 16.5. The standard InChI is InChI=1S/C18H36N2O/c1-6-16-9-8-15(2)20(16)13-18(10-7-11-21-14-18)12-19-17(3,4)5/h15-16,19H,6-14H2,1-5H3. The molecule has 0 spiro atoms. The number of hydrogen-bond acceptors (Lipinski definition) is 3. The highest BCUT2D eigenvalue weighted by Gasteiger charge is 2.40. The van der Waals surface area contributed by atoms with Crippen LogP contribution in [0.15, 0.2) is 0 Å². The van der Waals surface area contributed by atoms with Gasteiger partial charge in [-0.25, -0.2) is 0 Å². The molecule has 3 heteroatoms. The molecule has 2 heterocycles. The monoisotopic (exact) mass is 296 g/mol. The summed E-state index contributed by atoms with van der Waals surface area (Å²) >= 11 is 0. The topological polar surface area (TPSA) is 24.5 Å². The number of nitrogens with zero attached hydrogens (tertiary/aromatic N) is 1. The van der Waals surface area contributed by atoms with E-state index < -0.39 is 0 Å². The molecule has 3 unspecified atom stereocenters. The van der Waals surface area contributed by atoms with Crippen LogP contribution >= 0.6 is 0 Å². The van der Waals surface area contributed by atoms with Gasteiger partial charge in [0.15, 0.2) is 0 Å². The second kappa shape index (κ2) is 6.97. The van der Waals surface area contributed by atoms with Crippen molar-refractivity contribution in [3.63, 3.8) is 0 Å². The van der Waals surface area contributed by atoms with Gasteiger partial charge in [-0.3, -0.25) is 4.90 Å². The Labute approximate surface area is 131 Å². The predicted octanol–water partition coefficient (Wildman–Crippen LogP) is 3.43. The van der Waals surface area contributed by atoms with Crippen LogP contribution in [0.4, 0.5) is 0 Å². The van der Waals surface area contributed by atoms with Gasteiger partial charge in [-0.15, -0.1) is 0 Å². The molecule has 0 aromatic rings. The second-order valence-corrected chi connectivity index (χ2v) is 8.42. The molecule has 0 aliphatic carbocycles. The second-order valence-electron chi connectivity index (χ2n) is 8.42. The molecule has 0 bridgehead atoms. The average Bonchev–Trinajstić information content (AvgIpc) is 2.78. The molecule has 0 aromatic heterocycles. The first kappa shape index (κ1) is 17.2. The summed E-state index contributed by atoms with van der Waals surface area (Å²) in [4.78, 5) is 2.78. The summed E-state index contributed by atoms with van der Waals surface area (Å²) in [6, 6.07) is 1.52. The van der Waals surface area contributed by atoms with Crippen molar-refractivity contribution in [1.29, 1.82) is 0 Å². The first-order valence-electron chi connectivity index (χ1n) is 8.94. The van der Waals surface area contributed by atoms with Gasteiger partial charge in [0.25, 0.3) is 0 Å². The molecule has 0 aromatic carbocycles. The molecule has 0 radical (unpaired) electrons. The molecule has 2 aliphatic heterocycles. The Morgan fingerprint density at radius 1 is 1.29 bits per heavy atom. The van der Waals surface area contributed by atoms with E-state index in [0.29, 0.717) is 5.41 Å². The molecule has 3 nitrogen and oxygen atoms in total. The van der Waals surface area contributed by atoms with E-state index in [0.717, 1.165) is 31.8 Å². The summed E-state index contributed by atoms with van der Waals surface area (Å²) in [7, 11) is 0. The Morgan fingerprint density at radius 3 is 2.62 bits per heavy atom. The van der Waals surface area contributed by atoms with Crippen LogP contribution in [0.25, 0.3) is 0 Å². The number of nitrogens with one attached hydrogen (secondary N) is 1. The van der Waals surface area contributed by atoms with Crippen molar-refractivity contribution in [1.82, 2.24) is 10.2 Å². The molecule has 1 N–H and O–H groups in total. The lowest BCUT2D eigenvalue weighted by atomic mass is 9.80. The quantitative estimate of drug-likeness (QED) is 0.841. The largest absolute Gasteiger partial charge is 0.381 e. The van der Waals surface area contributed by atoms with Gasteiger partial charge >= 0.3 is 0 Å². The number of hydrogen-bond donors (Lipinski definition) is 1. The van der Waals surface area contributed by atoms with Crippen molar-refractivity contribution in [3.8, 4) is 0 Å². The van der Waals surface area contributed by atoms with E-state index in [-0.39, 0.29) is 5.54 Å². The zero-order valence-corrected chi connectivity index (χ0v) is 14.9. The van der Waals surface area contributed by atoms with Crippen molar-refractivity contribution in [2.24, 2.45) is 5.41 Å². The molecule has 0 saturated carbocycles. The summed E-state index contributed by atoms with van der Waals surface area (Å²) in [5.41, 5.74) is 0.489. The summed E-state index contributed by atoms with van der Waals surface area (Å²) < 4.78 is 5.90. The van der Waals surface area contributed by atoms with Crippen LogP contribution < -0.4 is 5.32 Å². The summed E-state index contributed by atoms with van der Waals surface area (Å²) in [5, 5.41) is 3.75. The molecule has 2 rings (SSSR count). The fourth-order valence-electron chi connectivity index (χ4n) is 3.92. The molecule has 2 saturated heterocycles. The molecule has 0 amide bonds. The molecule has 3 atom stereocenters. The number of likely N-dealkylation sites (tertiary alicyclic amines) is 1. The highest BCUT2D eigenvalue weighted by Crippen LogP contribution is 2.35. The summed E-state index contributed by atoms with van der Waals surface area (Å²) in [6.07, 6.45) is 6.54. The lowest BCUT2D eigenvalue weighted by molar-refractivity contribution is -0.0360. The maximum atomic E-state index is 5.90. The fourth-order valence-corrected chi connectivity index (χ4v) is 3.92. The minimum Gasteiger partial charge on any atom is -0.381 e. The van der Waals surface area contributed by atoms with E-state index in [1.807, 2.05) is 0 Å². The third kappa shape index (κ3) is 4.67. The van der Waals surface area contributed by atoms with Gasteiger partial charge in [0.05, 0.1) is 6.61 Å². The Bertz CT molecular complexity index is 318. The van der Waals surface area contributed by atoms with E-state index in [9.17, 15) is 0 Å². The normalized spacial score (nSPS) is 35.3. The maximum absolute atomic E-state index is 5.90. The van der Waals surface area contributed by atoms with Gasteiger partial charge in [-0.2, -0.15) is 0 Å². The molecule has 21 heavy (non-hydrogen) atoms. The lowest BCUT2D eigenvalue weighted by Gasteiger charge is -2.44. The Morgan fingerprint density at radius 2 is 2.05 bits per heavy atom. The Balaban J connectivity index is 2.04. The van der Waals surface area contributed by atoms with Crippen LogP contribution in [0, 0.1) is 5.41 Å². The molecular weight excluding hydrogens is 260 g/mol. The highest BCUT2D eigenvalue weighted by molar-refractivity contribution is 4.94. The number of ether oxygens (including phenoxy) is 1. The predicted molar refractivity (Wildman–Crippen MR) is 89.7 cm³/mol. The maximum Gasteiger partial charge on any atom is 0.0546 e. The first-order valence-corrected chi connectivity index (χ1v) is 8.94. The van der Waals surface area contributed by atoms with Gasteiger partial charge < -0.3 is 10.1 Å². The van der Waals surface area contributed by atoms with Crippen LogP contribution in [0.5, 0.6) is 0 Å². The number of rotatable bonds is 5. The van der Waals surface area contributed by atoms with Gasteiger partial charge in [-0.1, -0.05) is 6.92 Å². The third-order valence-corrected chi connectivity index (χ3v) is 5.34. The van der Waals surface area contributed by atoms with Crippen molar-refractivity contribution >= 4 is 0 Å². The minimum atomic E-state index is 0.186. The van der Waals surface area contributed by atoms with Gasteiger partial charge in [0.1, 0.15) is 0 Å². The van der Waals surface area contributed by atoms with Gasteiger partial charge in [-0.05, 0) is 59.8 Å². The van der Waals surface area contributed by atoms with Crippen LogP contribution in [-0.4, -0.2) is 48.8 Å². The van der Waals surface area contributed by atoms with Crippen LogP contribution in [0.2, 0.25) is 0 Å². The van der Waals surface area contributed by atoms with Crippen molar-refractivity contribution in [2.75, 3.05) is 26.3 Å². The van der Waals surface area contributed by atoms with Crippen molar-refractivity contribution < 1.29 is 4.74 Å². The molecule has 2 aliphatic rings. The van der Waals surface area contributed by atoms with E-state index in [1.165, 1.54) is 38.6 Å². The van der Waals surface area contributed by atoms with Gasteiger partial charge in [0, 0.05) is 42.7 Å². The van der Waals surface area contributed by atoms with Crippen molar-refractivity contribution in [3.05, 3.63) is 0 Å². The Hall–Kier alpha value is -0.120.